The van der Waals surface area contributed by atoms with Crippen molar-refractivity contribution in [2.75, 3.05) is 40.3 Å². The zero-order chi connectivity index (χ0) is 10.4. The molecule has 1 rings (SSSR count). The van der Waals surface area contributed by atoms with Crippen molar-refractivity contribution >= 4 is 12.4 Å². The van der Waals surface area contributed by atoms with Crippen molar-refractivity contribution in [1.29, 1.82) is 0 Å². The molecule has 0 N–H and O–H groups in total. The van der Waals surface area contributed by atoms with Gasteiger partial charge in [0.05, 0.1) is 0 Å². The van der Waals surface area contributed by atoms with Gasteiger partial charge in [0.15, 0.2) is 0 Å². The minimum atomic E-state index is 0. The quantitative estimate of drug-likeness (QED) is 0.721. The number of hydrogen-bond donors (Lipinski definition) is 0. The fourth-order valence-electron chi connectivity index (χ4n) is 2.37. The molecule has 0 aromatic heterocycles. The van der Waals surface area contributed by atoms with Crippen LogP contribution in [0, 0.1) is 5.92 Å². The molecule has 0 aromatic carbocycles. The smallest absolute Gasteiger partial charge is 0.000956 e. The second kappa shape index (κ2) is 8.37. The SMILES string of the molecule is CCN1CCCC(CCCN(C)C)C1.Cl. The van der Waals surface area contributed by atoms with Gasteiger partial charge in [0, 0.05) is 6.54 Å². The highest BCUT2D eigenvalue weighted by molar-refractivity contribution is 5.85. The summed E-state index contributed by atoms with van der Waals surface area (Å²) in [5.41, 5.74) is 0. The van der Waals surface area contributed by atoms with Gasteiger partial charge in [0.2, 0.25) is 0 Å². The number of nitrogens with zero attached hydrogens (tertiary/aromatic N) is 2. The molecule has 0 amide bonds. The minimum absolute atomic E-state index is 0. The molecule has 2 nitrogen and oxygen atoms in total. The average molecular weight is 235 g/mol. The Kier molecular flexibility index (Phi) is 8.49. The lowest BCUT2D eigenvalue weighted by Crippen LogP contribution is -2.35. The first-order chi connectivity index (χ1) is 6.72. The van der Waals surface area contributed by atoms with Gasteiger partial charge < -0.3 is 9.80 Å². The number of likely N-dealkylation sites (tertiary alicyclic amines) is 1. The first-order valence-corrected chi connectivity index (χ1v) is 6.09. The van der Waals surface area contributed by atoms with E-state index in [9.17, 15) is 0 Å². The Morgan fingerprint density at radius 2 is 2.07 bits per heavy atom. The van der Waals surface area contributed by atoms with Crippen molar-refractivity contribution in [3.8, 4) is 0 Å². The van der Waals surface area contributed by atoms with Crippen LogP contribution in [-0.4, -0.2) is 50.1 Å². The second-order valence-corrected chi connectivity index (χ2v) is 4.85. The van der Waals surface area contributed by atoms with Gasteiger partial charge in [-0.1, -0.05) is 6.92 Å². The lowest BCUT2D eigenvalue weighted by atomic mass is 9.93. The summed E-state index contributed by atoms with van der Waals surface area (Å²) in [7, 11) is 4.33. The average Bonchev–Trinajstić information content (AvgIpc) is 2.18. The van der Waals surface area contributed by atoms with Crippen LogP contribution in [0.1, 0.15) is 32.6 Å². The van der Waals surface area contributed by atoms with Crippen LogP contribution >= 0.6 is 12.4 Å². The number of rotatable bonds is 5. The van der Waals surface area contributed by atoms with Crippen molar-refractivity contribution in [3.63, 3.8) is 0 Å². The first kappa shape index (κ1) is 15.2. The van der Waals surface area contributed by atoms with E-state index in [4.69, 9.17) is 0 Å². The maximum absolute atomic E-state index is 2.60. The van der Waals surface area contributed by atoms with Gasteiger partial charge in [-0.15, -0.1) is 12.4 Å². The predicted molar refractivity (Wildman–Crippen MR) is 69.9 cm³/mol. The number of halogens is 1. The van der Waals surface area contributed by atoms with Crippen molar-refractivity contribution in [2.45, 2.75) is 32.6 Å². The summed E-state index contributed by atoms with van der Waals surface area (Å²) in [6.07, 6.45) is 5.67. The van der Waals surface area contributed by atoms with E-state index in [0.717, 1.165) is 5.92 Å². The standard InChI is InChI=1S/C12H26N2.ClH/c1-4-14-10-6-8-12(11-14)7-5-9-13(2)3;/h12H,4-11H2,1-3H3;1H. The zero-order valence-electron chi connectivity index (χ0n) is 10.5. The van der Waals surface area contributed by atoms with E-state index in [2.05, 4.69) is 30.8 Å². The van der Waals surface area contributed by atoms with Gasteiger partial charge >= 0.3 is 0 Å². The molecule has 0 bridgehead atoms. The summed E-state index contributed by atoms with van der Waals surface area (Å²) < 4.78 is 0. The Labute approximate surface area is 101 Å². The van der Waals surface area contributed by atoms with Crippen molar-refractivity contribution < 1.29 is 0 Å². The van der Waals surface area contributed by atoms with Crippen molar-refractivity contribution in [2.24, 2.45) is 5.92 Å². The number of piperidine rings is 1. The molecular formula is C12H27ClN2. The fraction of sp³-hybridized carbons (Fsp3) is 1.00. The molecule has 1 atom stereocenters. The van der Waals surface area contributed by atoms with Gasteiger partial charge in [0.25, 0.3) is 0 Å². The van der Waals surface area contributed by atoms with E-state index in [1.165, 1.54) is 51.9 Å². The van der Waals surface area contributed by atoms with Crippen LogP contribution in [0.15, 0.2) is 0 Å². The van der Waals surface area contributed by atoms with E-state index >= 15 is 0 Å². The van der Waals surface area contributed by atoms with Crippen molar-refractivity contribution in [1.82, 2.24) is 9.80 Å². The maximum atomic E-state index is 2.60. The Morgan fingerprint density at radius 1 is 1.33 bits per heavy atom. The largest absolute Gasteiger partial charge is 0.309 e. The van der Waals surface area contributed by atoms with Gasteiger partial charge in [-0.2, -0.15) is 0 Å². The molecule has 15 heavy (non-hydrogen) atoms. The number of hydrogen-bond acceptors (Lipinski definition) is 2. The molecule has 92 valence electrons. The minimum Gasteiger partial charge on any atom is -0.309 e. The Balaban J connectivity index is 0.00000196. The Hall–Kier alpha value is 0.210. The molecule has 1 unspecified atom stereocenters. The highest BCUT2D eigenvalue weighted by atomic mass is 35.5. The third kappa shape index (κ3) is 6.39. The maximum Gasteiger partial charge on any atom is 0.000956 e. The van der Waals surface area contributed by atoms with E-state index in [-0.39, 0.29) is 12.4 Å². The van der Waals surface area contributed by atoms with E-state index in [0.29, 0.717) is 0 Å². The van der Waals surface area contributed by atoms with E-state index in [1.807, 2.05) is 0 Å². The molecule has 0 aromatic rings. The van der Waals surface area contributed by atoms with Crippen LogP contribution in [0.4, 0.5) is 0 Å². The Morgan fingerprint density at radius 3 is 2.67 bits per heavy atom. The zero-order valence-corrected chi connectivity index (χ0v) is 11.4. The third-order valence-corrected chi connectivity index (χ3v) is 3.27. The highest BCUT2D eigenvalue weighted by Crippen LogP contribution is 2.20. The van der Waals surface area contributed by atoms with Crippen LogP contribution in [-0.2, 0) is 0 Å². The summed E-state index contributed by atoms with van der Waals surface area (Å²) in [5, 5.41) is 0. The molecular weight excluding hydrogens is 208 g/mol. The van der Waals surface area contributed by atoms with Gasteiger partial charge in [-0.3, -0.25) is 0 Å². The lowest BCUT2D eigenvalue weighted by Gasteiger charge is -2.32. The van der Waals surface area contributed by atoms with Gasteiger partial charge in [-0.25, -0.2) is 0 Å². The molecule has 0 radical (unpaired) electrons. The van der Waals surface area contributed by atoms with Gasteiger partial charge in [0.1, 0.15) is 0 Å². The normalized spacial score (nSPS) is 22.8. The molecule has 3 heteroatoms. The topological polar surface area (TPSA) is 6.48 Å². The summed E-state index contributed by atoms with van der Waals surface area (Å²) in [4.78, 5) is 4.89. The van der Waals surface area contributed by atoms with Crippen molar-refractivity contribution in [3.05, 3.63) is 0 Å². The molecule has 0 aliphatic carbocycles. The molecule has 1 aliphatic rings. The van der Waals surface area contributed by atoms with Crippen LogP contribution in [0.3, 0.4) is 0 Å². The molecule has 1 heterocycles. The predicted octanol–water partition coefficient (Wildman–Crippen LogP) is 2.48. The van der Waals surface area contributed by atoms with Crippen LogP contribution in [0.5, 0.6) is 0 Å². The third-order valence-electron chi connectivity index (χ3n) is 3.27. The van der Waals surface area contributed by atoms with E-state index in [1.54, 1.807) is 0 Å². The second-order valence-electron chi connectivity index (χ2n) is 4.85. The lowest BCUT2D eigenvalue weighted by molar-refractivity contribution is 0.172. The summed E-state index contributed by atoms with van der Waals surface area (Å²) in [5.74, 6) is 0.976. The van der Waals surface area contributed by atoms with Gasteiger partial charge in [-0.05, 0) is 65.3 Å². The molecule has 0 spiro atoms. The monoisotopic (exact) mass is 234 g/mol. The molecule has 0 saturated carbocycles. The molecule has 1 fully saturated rings. The summed E-state index contributed by atoms with van der Waals surface area (Å²) >= 11 is 0. The van der Waals surface area contributed by atoms with E-state index < -0.39 is 0 Å². The fourth-order valence-corrected chi connectivity index (χ4v) is 2.37. The first-order valence-electron chi connectivity index (χ1n) is 6.09. The van der Waals surface area contributed by atoms with Crippen LogP contribution in [0.25, 0.3) is 0 Å². The van der Waals surface area contributed by atoms with Crippen LogP contribution < -0.4 is 0 Å². The highest BCUT2D eigenvalue weighted by Gasteiger charge is 2.17. The molecule has 1 saturated heterocycles. The summed E-state index contributed by atoms with van der Waals surface area (Å²) in [6, 6.07) is 0. The van der Waals surface area contributed by atoms with Crippen LogP contribution in [0.2, 0.25) is 0 Å². The Bertz CT molecular complexity index is 151. The summed E-state index contributed by atoms with van der Waals surface area (Å²) in [6.45, 7) is 7.46. The molecule has 1 aliphatic heterocycles.